The fraction of sp³-hybridized carbons (Fsp3) is 0.300. The smallest absolute Gasteiger partial charge is 0.252 e. The molecule has 1 aromatic rings. The highest BCUT2D eigenvalue weighted by Gasteiger charge is 2.34. The molecule has 0 bridgehead atoms. The SMILES string of the molecule is CC1(C)NC(=O)c2cc(Br)ccc21. The molecule has 2 rings (SSSR count). The standard InChI is InChI=1S/C10H10BrNO/c1-10(2)8-4-3-6(11)5-7(8)9(13)12-10/h3-5H,1-2H3,(H,12,13). The van der Waals surface area contributed by atoms with E-state index >= 15 is 0 Å². The lowest BCUT2D eigenvalue weighted by molar-refractivity contribution is 0.0940. The molecule has 68 valence electrons. The summed E-state index contributed by atoms with van der Waals surface area (Å²) in [6.45, 7) is 4.01. The Morgan fingerprint density at radius 1 is 1.38 bits per heavy atom. The lowest BCUT2D eigenvalue weighted by Crippen LogP contribution is -2.32. The fourth-order valence-electron chi connectivity index (χ4n) is 1.67. The van der Waals surface area contributed by atoms with Crippen molar-refractivity contribution in [2.24, 2.45) is 0 Å². The lowest BCUT2D eigenvalue weighted by atomic mass is 9.95. The largest absolute Gasteiger partial charge is 0.343 e. The summed E-state index contributed by atoms with van der Waals surface area (Å²) < 4.78 is 0.944. The van der Waals surface area contributed by atoms with Crippen LogP contribution >= 0.6 is 15.9 Å². The van der Waals surface area contributed by atoms with Crippen LogP contribution in [0.2, 0.25) is 0 Å². The molecule has 1 amide bonds. The zero-order chi connectivity index (χ0) is 9.64. The molecule has 0 fully saturated rings. The van der Waals surface area contributed by atoms with Gasteiger partial charge in [-0.1, -0.05) is 22.0 Å². The van der Waals surface area contributed by atoms with Crippen molar-refractivity contribution in [2.75, 3.05) is 0 Å². The Balaban J connectivity index is 2.66. The van der Waals surface area contributed by atoms with Gasteiger partial charge in [-0.3, -0.25) is 4.79 Å². The summed E-state index contributed by atoms with van der Waals surface area (Å²) in [4.78, 5) is 11.5. The molecule has 0 unspecified atom stereocenters. The van der Waals surface area contributed by atoms with Gasteiger partial charge >= 0.3 is 0 Å². The van der Waals surface area contributed by atoms with Crippen molar-refractivity contribution in [3.8, 4) is 0 Å². The number of carbonyl (C=O) groups excluding carboxylic acids is 1. The molecule has 0 radical (unpaired) electrons. The summed E-state index contributed by atoms with van der Waals surface area (Å²) in [7, 11) is 0. The minimum Gasteiger partial charge on any atom is -0.343 e. The van der Waals surface area contributed by atoms with Crippen LogP contribution in [0.3, 0.4) is 0 Å². The first-order valence-corrected chi connectivity index (χ1v) is 4.92. The molecule has 0 atom stereocenters. The van der Waals surface area contributed by atoms with E-state index in [1.807, 2.05) is 32.0 Å². The van der Waals surface area contributed by atoms with Crippen LogP contribution in [-0.4, -0.2) is 5.91 Å². The molecule has 0 saturated carbocycles. The first kappa shape index (κ1) is 8.75. The van der Waals surface area contributed by atoms with Crippen molar-refractivity contribution in [3.05, 3.63) is 33.8 Å². The lowest BCUT2D eigenvalue weighted by Gasteiger charge is -2.18. The first-order chi connectivity index (χ1) is 6.00. The van der Waals surface area contributed by atoms with E-state index in [1.54, 1.807) is 0 Å². The van der Waals surface area contributed by atoms with E-state index in [-0.39, 0.29) is 11.4 Å². The van der Waals surface area contributed by atoms with Crippen molar-refractivity contribution in [3.63, 3.8) is 0 Å². The number of halogens is 1. The molecule has 1 aliphatic heterocycles. The van der Waals surface area contributed by atoms with Crippen LogP contribution in [0, 0.1) is 0 Å². The Kier molecular flexibility index (Phi) is 1.74. The molecule has 0 aromatic heterocycles. The summed E-state index contributed by atoms with van der Waals surface area (Å²) in [6.07, 6.45) is 0. The Morgan fingerprint density at radius 3 is 2.77 bits per heavy atom. The highest BCUT2D eigenvalue weighted by atomic mass is 79.9. The van der Waals surface area contributed by atoms with Gasteiger partial charge < -0.3 is 5.32 Å². The first-order valence-electron chi connectivity index (χ1n) is 4.13. The summed E-state index contributed by atoms with van der Waals surface area (Å²) in [5.74, 6) is 0.0151. The number of hydrogen-bond donors (Lipinski definition) is 1. The third-order valence-electron chi connectivity index (χ3n) is 2.33. The minimum atomic E-state index is -0.229. The third-order valence-corrected chi connectivity index (χ3v) is 2.82. The molecule has 0 aliphatic carbocycles. The van der Waals surface area contributed by atoms with Crippen molar-refractivity contribution < 1.29 is 4.79 Å². The van der Waals surface area contributed by atoms with Crippen LogP contribution in [-0.2, 0) is 5.54 Å². The summed E-state index contributed by atoms with van der Waals surface area (Å²) in [5, 5.41) is 2.93. The van der Waals surface area contributed by atoms with Gasteiger partial charge in [0.15, 0.2) is 0 Å². The molecule has 13 heavy (non-hydrogen) atoms. The number of rotatable bonds is 0. The number of amides is 1. The Labute approximate surface area is 85.5 Å². The second-order valence-corrected chi connectivity index (χ2v) is 4.68. The maximum Gasteiger partial charge on any atom is 0.252 e. The van der Waals surface area contributed by atoms with E-state index < -0.39 is 0 Å². The van der Waals surface area contributed by atoms with Crippen LogP contribution in [0.25, 0.3) is 0 Å². The van der Waals surface area contributed by atoms with E-state index in [0.29, 0.717) is 0 Å². The molecule has 1 aromatic carbocycles. The number of hydrogen-bond acceptors (Lipinski definition) is 1. The van der Waals surface area contributed by atoms with Crippen LogP contribution in [0.5, 0.6) is 0 Å². The van der Waals surface area contributed by atoms with Crippen LogP contribution in [0.4, 0.5) is 0 Å². The van der Waals surface area contributed by atoms with E-state index in [9.17, 15) is 4.79 Å². The summed E-state index contributed by atoms with van der Waals surface area (Å²) in [5.41, 5.74) is 1.62. The molecule has 3 heteroatoms. The Hall–Kier alpha value is -0.830. The average molecular weight is 240 g/mol. The van der Waals surface area contributed by atoms with E-state index in [4.69, 9.17) is 0 Å². The number of fused-ring (bicyclic) bond motifs is 1. The molecule has 0 saturated heterocycles. The minimum absolute atomic E-state index is 0.0151. The second-order valence-electron chi connectivity index (χ2n) is 3.77. The predicted molar refractivity (Wildman–Crippen MR) is 54.6 cm³/mol. The van der Waals surface area contributed by atoms with Gasteiger partial charge in [0.05, 0.1) is 5.54 Å². The topological polar surface area (TPSA) is 29.1 Å². The summed E-state index contributed by atoms with van der Waals surface area (Å²) in [6, 6.07) is 5.80. The van der Waals surface area contributed by atoms with Gasteiger partial charge in [-0.05, 0) is 31.5 Å². The maximum absolute atomic E-state index is 11.5. The zero-order valence-electron chi connectivity index (χ0n) is 7.52. The number of carbonyl (C=O) groups is 1. The number of benzene rings is 1. The number of nitrogens with one attached hydrogen (secondary N) is 1. The predicted octanol–water partition coefficient (Wildman–Crippen LogP) is 2.43. The normalized spacial score (nSPS) is 18.2. The molecule has 1 N–H and O–H groups in total. The van der Waals surface area contributed by atoms with Gasteiger partial charge in [0.2, 0.25) is 0 Å². The van der Waals surface area contributed by atoms with Gasteiger partial charge in [0.25, 0.3) is 5.91 Å². The third kappa shape index (κ3) is 1.27. The van der Waals surface area contributed by atoms with Crippen LogP contribution < -0.4 is 5.32 Å². The quantitative estimate of drug-likeness (QED) is 0.741. The van der Waals surface area contributed by atoms with Crippen LogP contribution in [0.15, 0.2) is 22.7 Å². The van der Waals surface area contributed by atoms with Crippen molar-refractivity contribution >= 4 is 21.8 Å². The molecule has 1 aliphatic rings. The maximum atomic E-state index is 11.5. The van der Waals surface area contributed by atoms with E-state index in [2.05, 4.69) is 21.2 Å². The highest BCUT2D eigenvalue weighted by molar-refractivity contribution is 9.10. The van der Waals surface area contributed by atoms with Gasteiger partial charge in [-0.2, -0.15) is 0 Å². The Bertz CT molecular complexity index is 385. The monoisotopic (exact) mass is 239 g/mol. The molecule has 2 nitrogen and oxygen atoms in total. The molecule has 0 spiro atoms. The fourth-order valence-corrected chi connectivity index (χ4v) is 2.03. The molecular formula is C10H10BrNO. The zero-order valence-corrected chi connectivity index (χ0v) is 9.10. The highest BCUT2D eigenvalue weighted by Crippen LogP contribution is 2.31. The summed E-state index contributed by atoms with van der Waals surface area (Å²) >= 11 is 3.35. The van der Waals surface area contributed by atoms with E-state index in [0.717, 1.165) is 15.6 Å². The van der Waals surface area contributed by atoms with E-state index in [1.165, 1.54) is 0 Å². The molecular weight excluding hydrogens is 230 g/mol. The van der Waals surface area contributed by atoms with Crippen molar-refractivity contribution in [1.82, 2.24) is 5.32 Å². The van der Waals surface area contributed by atoms with Crippen LogP contribution in [0.1, 0.15) is 29.8 Å². The van der Waals surface area contributed by atoms with Gasteiger partial charge in [-0.15, -0.1) is 0 Å². The van der Waals surface area contributed by atoms with Gasteiger partial charge in [0.1, 0.15) is 0 Å². The molecule has 1 heterocycles. The van der Waals surface area contributed by atoms with Gasteiger partial charge in [0, 0.05) is 10.0 Å². The average Bonchev–Trinajstić information content (AvgIpc) is 2.22. The van der Waals surface area contributed by atoms with Crippen molar-refractivity contribution in [2.45, 2.75) is 19.4 Å². The van der Waals surface area contributed by atoms with Gasteiger partial charge in [-0.25, -0.2) is 0 Å². The second kappa shape index (κ2) is 2.58. The Morgan fingerprint density at radius 2 is 2.08 bits per heavy atom. The van der Waals surface area contributed by atoms with Crippen molar-refractivity contribution in [1.29, 1.82) is 0 Å².